The molecule has 0 aliphatic carbocycles. The zero-order valence-electron chi connectivity index (χ0n) is 9.21. The lowest BCUT2D eigenvalue weighted by Gasteiger charge is -2.05. The predicted molar refractivity (Wildman–Crippen MR) is 70.0 cm³/mol. The second-order valence-electron chi connectivity index (χ2n) is 3.85. The van der Waals surface area contributed by atoms with Crippen molar-refractivity contribution in [3.63, 3.8) is 0 Å². The smallest absolute Gasteiger partial charge is 0.164 e. The number of nitrogen functional groups attached to an aromatic ring is 1. The lowest BCUT2D eigenvalue weighted by Crippen LogP contribution is -1.99. The highest BCUT2D eigenvalue weighted by atomic mass is 35.5. The molecule has 0 unspecified atom stereocenters. The summed E-state index contributed by atoms with van der Waals surface area (Å²) in [6, 6.07) is 6.91. The van der Waals surface area contributed by atoms with Gasteiger partial charge in [-0.25, -0.2) is 9.67 Å². The van der Waals surface area contributed by atoms with Crippen molar-refractivity contribution in [3.8, 4) is 11.6 Å². The van der Waals surface area contributed by atoms with Crippen LogP contribution >= 0.6 is 11.6 Å². The van der Waals surface area contributed by atoms with Crippen molar-refractivity contribution in [2.75, 3.05) is 5.73 Å². The van der Waals surface area contributed by atoms with Crippen LogP contribution in [-0.4, -0.2) is 19.9 Å². The van der Waals surface area contributed by atoms with Gasteiger partial charge in [-0.05, 0) is 23.6 Å². The molecule has 3 rings (SSSR count). The molecule has 18 heavy (non-hydrogen) atoms. The van der Waals surface area contributed by atoms with E-state index in [1.165, 1.54) is 4.68 Å². The van der Waals surface area contributed by atoms with Gasteiger partial charge >= 0.3 is 0 Å². The van der Waals surface area contributed by atoms with Crippen LogP contribution in [0.1, 0.15) is 0 Å². The topological polar surface area (TPSA) is 77.0 Å². The van der Waals surface area contributed by atoms with E-state index in [2.05, 4.69) is 10.1 Å². The van der Waals surface area contributed by atoms with Gasteiger partial charge < -0.3 is 10.8 Å². The number of aromatic hydroxyl groups is 1. The van der Waals surface area contributed by atoms with E-state index < -0.39 is 0 Å². The first kappa shape index (κ1) is 10.9. The molecule has 0 saturated carbocycles. The summed E-state index contributed by atoms with van der Waals surface area (Å²) >= 11 is 5.88. The monoisotopic (exact) mass is 260 g/mol. The maximum absolute atomic E-state index is 9.55. The Morgan fingerprint density at radius 1 is 1.28 bits per heavy atom. The molecule has 0 atom stereocenters. The maximum atomic E-state index is 9.55. The lowest BCUT2D eigenvalue weighted by atomic mass is 10.1. The molecule has 0 amide bonds. The van der Waals surface area contributed by atoms with Crippen LogP contribution in [0.5, 0.6) is 5.75 Å². The van der Waals surface area contributed by atoms with Crippen molar-refractivity contribution in [1.82, 2.24) is 14.8 Å². The fraction of sp³-hybridized carbons (Fsp3) is 0. The van der Waals surface area contributed by atoms with Crippen molar-refractivity contribution in [1.29, 1.82) is 0 Å². The number of hydrogen-bond donors (Lipinski definition) is 2. The first-order valence-electron chi connectivity index (χ1n) is 5.24. The number of phenols is 1. The summed E-state index contributed by atoms with van der Waals surface area (Å²) in [6.07, 6.45) is 3.25. The molecule has 3 aromatic rings. The number of rotatable bonds is 1. The molecule has 0 saturated heterocycles. The number of hydrogen-bond acceptors (Lipinski definition) is 4. The highest BCUT2D eigenvalue weighted by Gasteiger charge is 2.09. The van der Waals surface area contributed by atoms with Crippen LogP contribution in [0.15, 0.2) is 36.7 Å². The van der Waals surface area contributed by atoms with Gasteiger partial charge in [0.15, 0.2) is 11.6 Å². The first-order valence-corrected chi connectivity index (χ1v) is 5.62. The molecule has 6 heteroatoms. The van der Waals surface area contributed by atoms with Crippen LogP contribution < -0.4 is 5.73 Å². The highest BCUT2D eigenvalue weighted by Crippen LogP contribution is 2.26. The van der Waals surface area contributed by atoms with Gasteiger partial charge in [0.2, 0.25) is 0 Å². The van der Waals surface area contributed by atoms with E-state index in [0.29, 0.717) is 10.8 Å². The molecule has 0 aliphatic rings. The minimum Gasteiger partial charge on any atom is -0.508 e. The van der Waals surface area contributed by atoms with E-state index in [4.69, 9.17) is 17.3 Å². The van der Waals surface area contributed by atoms with Crippen molar-refractivity contribution in [2.24, 2.45) is 0 Å². The van der Waals surface area contributed by atoms with E-state index in [-0.39, 0.29) is 11.6 Å². The van der Waals surface area contributed by atoms with Crippen LogP contribution in [0.2, 0.25) is 5.02 Å². The Bertz CT molecular complexity index is 719. The second kappa shape index (κ2) is 3.89. The van der Waals surface area contributed by atoms with Crippen LogP contribution in [0, 0.1) is 0 Å². The number of aromatic nitrogens is 3. The van der Waals surface area contributed by atoms with E-state index in [9.17, 15) is 5.11 Å². The zero-order chi connectivity index (χ0) is 12.7. The minimum absolute atomic E-state index is 0.169. The zero-order valence-corrected chi connectivity index (χ0v) is 9.96. The van der Waals surface area contributed by atoms with Crippen molar-refractivity contribution in [2.45, 2.75) is 0 Å². The molecular formula is C12H9ClN4O. The Morgan fingerprint density at radius 3 is 2.83 bits per heavy atom. The number of fused-ring (bicyclic) bond motifs is 1. The third-order valence-corrected chi connectivity index (χ3v) is 2.93. The van der Waals surface area contributed by atoms with Crippen molar-refractivity contribution < 1.29 is 5.11 Å². The predicted octanol–water partition coefficient (Wildman–Crippen LogP) is 2.36. The van der Waals surface area contributed by atoms with Crippen LogP contribution in [0.3, 0.4) is 0 Å². The number of nitrogens with zero attached hydrogens (tertiary/aromatic N) is 3. The van der Waals surface area contributed by atoms with Gasteiger partial charge in [-0.15, -0.1) is 5.10 Å². The molecule has 0 aliphatic heterocycles. The number of benzene rings is 1. The number of nitrogens with two attached hydrogens (primary N) is 1. The van der Waals surface area contributed by atoms with Gasteiger partial charge in [-0.1, -0.05) is 17.7 Å². The minimum atomic E-state index is 0.169. The van der Waals surface area contributed by atoms with Gasteiger partial charge in [-0.2, -0.15) is 0 Å². The molecule has 0 bridgehead atoms. The molecule has 3 N–H and O–H groups in total. The van der Waals surface area contributed by atoms with E-state index in [1.807, 2.05) is 12.1 Å². The third-order valence-electron chi connectivity index (χ3n) is 2.64. The van der Waals surface area contributed by atoms with Crippen LogP contribution in [-0.2, 0) is 0 Å². The number of anilines is 1. The first-order chi connectivity index (χ1) is 8.65. The Balaban J connectivity index is 2.31. The molecule has 5 nitrogen and oxygen atoms in total. The summed E-state index contributed by atoms with van der Waals surface area (Å²) in [5.74, 6) is 0.987. The van der Waals surface area contributed by atoms with Gasteiger partial charge in [0.1, 0.15) is 10.8 Å². The summed E-state index contributed by atoms with van der Waals surface area (Å²) in [5, 5.41) is 15.7. The molecule has 0 spiro atoms. The quantitative estimate of drug-likeness (QED) is 0.704. The molecule has 0 fully saturated rings. The summed E-state index contributed by atoms with van der Waals surface area (Å²) in [6.45, 7) is 0. The number of phenolic OH excluding ortho intramolecular Hbond substituents is 1. The van der Waals surface area contributed by atoms with Gasteiger partial charge in [0, 0.05) is 11.6 Å². The fourth-order valence-corrected chi connectivity index (χ4v) is 1.93. The van der Waals surface area contributed by atoms with Crippen molar-refractivity contribution >= 4 is 28.2 Å². The molecular weight excluding hydrogens is 252 g/mol. The van der Waals surface area contributed by atoms with Gasteiger partial charge in [0.05, 0.1) is 6.20 Å². The molecule has 1 aromatic carbocycles. The molecule has 90 valence electrons. The average Bonchev–Trinajstić information content (AvgIpc) is 2.68. The Hall–Kier alpha value is -2.27. The molecule has 2 aromatic heterocycles. The van der Waals surface area contributed by atoms with Gasteiger partial charge in [0.25, 0.3) is 0 Å². The Kier molecular flexibility index (Phi) is 2.34. The normalized spacial score (nSPS) is 10.9. The SMILES string of the molecule is Nc1nn(-c2nccc3ccc(O)cc23)cc1Cl. The van der Waals surface area contributed by atoms with Crippen LogP contribution in [0.4, 0.5) is 5.82 Å². The highest BCUT2D eigenvalue weighted by molar-refractivity contribution is 6.32. The van der Waals surface area contributed by atoms with Crippen LogP contribution in [0.25, 0.3) is 16.6 Å². The Labute approximate surface area is 107 Å². The molecule has 0 radical (unpaired) electrons. The largest absolute Gasteiger partial charge is 0.508 e. The summed E-state index contributed by atoms with van der Waals surface area (Å²) in [5.41, 5.74) is 5.61. The van der Waals surface area contributed by atoms with E-state index in [1.54, 1.807) is 24.5 Å². The number of halogens is 1. The van der Waals surface area contributed by atoms with Gasteiger partial charge in [-0.3, -0.25) is 0 Å². The fourth-order valence-electron chi connectivity index (χ4n) is 1.80. The second-order valence-corrected chi connectivity index (χ2v) is 4.25. The number of pyridine rings is 1. The van der Waals surface area contributed by atoms with Crippen molar-refractivity contribution in [3.05, 3.63) is 41.7 Å². The summed E-state index contributed by atoms with van der Waals surface area (Å²) in [4.78, 5) is 4.25. The van der Waals surface area contributed by atoms with E-state index >= 15 is 0 Å². The lowest BCUT2D eigenvalue weighted by molar-refractivity contribution is 0.476. The average molecular weight is 261 g/mol. The third kappa shape index (κ3) is 1.65. The summed E-state index contributed by atoms with van der Waals surface area (Å²) < 4.78 is 1.50. The summed E-state index contributed by atoms with van der Waals surface area (Å²) in [7, 11) is 0. The standard InChI is InChI=1S/C12H9ClN4O/c13-10-6-17(16-11(10)14)12-9-5-8(18)2-1-7(9)3-4-15-12/h1-6,18H,(H2,14,16). The van der Waals surface area contributed by atoms with E-state index in [0.717, 1.165) is 10.8 Å². The maximum Gasteiger partial charge on any atom is 0.164 e. The molecule has 2 heterocycles. The Morgan fingerprint density at radius 2 is 2.11 bits per heavy atom.